The van der Waals surface area contributed by atoms with Crippen molar-refractivity contribution in [3.8, 4) is 17.2 Å². The van der Waals surface area contributed by atoms with E-state index in [0.717, 1.165) is 15.4 Å². The van der Waals surface area contributed by atoms with Gasteiger partial charge in [0.25, 0.3) is 10.0 Å². The van der Waals surface area contributed by atoms with Gasteiger partial charge >= 0.3 is 0 Å². The Morgan fingerprint density at radius 3 is 1.96 bits per heavy atom. The molecule has 48 heavy (non-hydrogen) atoms. The summed E-state index contributed by atoms with van der Waals surface area (Å²) in [5, 5.41) is 2.96. The molecule has 0 spiro atoms. The van der Waals surface area contributed by atoms with Gasteiger partial charge in [-0.25, -0.2) is 8.42 Å². The van der Waals surface area contributed by atoms with Crippen LogP contribution in [-0.4, -0.2) is 64.6 Å². The van der Waals surface area contributed by atoms with E-state index in [0.29, 0.717) is 18.1 Å². The van der Waals surface area contributed by atoms with Gasteiger partial charge in [0, 0.05) is 25.1 Å². The zero-order chi connectivity index (χ0) is 34.7. The number of rotatable bonds is 16. The number of benzene rings is 4. The number of nitrogens with zero attached hydrogens (tertiary/aromatic N) is 2. The van der Waals surface area contributed by atoms with Crippen LogP contribution in [0.5, 0.6) is 17.2 Å². The van der Waals surface area contributed by atoms with Crippen molar-refractivity contribution >= 4 is 27.5 Å². The predicted octanol–water partition coefficient (Wildman–Crippen LogP) is 5.46. The van der Waals surface area contributed by atoms with Crippen LogP contribution < -0.4 is 23.8 Å². The fourth-order valence-corrected chi connectivity index (χ4v) is 6.65. The van der Waals surface area contributed by atoms with Gasteiger partial charge in [-0.2, -0.15) is 0 Å². The summed E-state index contributed by atoms with van der Waals surface area (Å²) in [4.78, 5) is 29.8. The second-order valence-corrected chi connectivity index (χ2v) is 13.2. The number of sulfonamides is 1. The second kappa shape index (κ2) is 16.7. The minimum Gasteiger partial charge on any atom is -0.494 e. The Balaban J connectivity index is 1.82. The molecule has 1 unspecified atom stereocenters. The van der Waals surface area contributed by atoms with E-state index in [1.165, 1.54) is 37.3 Å². The molecule has 0 saturated carbocycles. The van der Waals surface area contributed by atoms with Crippen molar-refractivity contribution in [2.24, 2.45) is 0 Å². The lowest BCUT2D eigenvalue weighted by atomic mass is 10.0. The number of methoxy groups -OCH3 is 2. The standard InChI is InChI=1S/C37H43N3O7S/c1-6-47-31-19-17-30(18-20-31)40(48(43,44)32-21-22-34(45-4)35(24-32)46-5)26-36(41)39(25-29-15-11-8-12-16-29)33(37(42)38-27(2)3)23-28-13-9-7-10-14-28/h7-22,24,27,33H,6,23,25-26H2,1-5H3,(H,38,42). The molecular formula is C37H43N3O7S. The molecule has 4 rings (SSSR count). The molecule has 2 amide bonds. The molecule has 0 aromatic heterocycles. The average Bonchev–Trinajstić information content (AvgIpc) is 3.09. The first-order valence-electron chi connectivity index (χ1n) is 15.7. The summed E-state index contributed by atoms with van der Waals surface area (Å²) in [7, 11) is -1.48. The van der Waals surface area contributed by atoms with E-state index in [4.69, 9.17) is 14.2 Å². The van der Waals surface area contributed by atoms with Crippen LogP contribution in [0.2, 0.25) is 0 Å². The molecule has 4 aromatic rings. The van der Waals surface area contributed by atoms with Crippen LogP contribution in [0.1, 0.15) is 31.9 Å². The normalized spacial score (nSPS) is 11.8. The predicted molar refractivity (Wildman–Crippen MR) is 186 cm³/mol. The topological polar surface area (TPSA) is 114 Å². The van der Waals surface area contributed by atoms with Gasteiger partial charge in [0.15, 0.2) is 11.5 Å². The van der Waals surface area contributed by atoms with Gasteiger partial charge in [0.2, 0.25) is 11.8 Å². The second-order valence-electron chi connectivity index (χ2n) is 11.3. The first kappa shape index (κ1) is 35.8. The van der Waals surface area contributed by atoms with E-state index in [1.54, 1.807) is 24.3 Å². The van der Waals surface area contributed by atoms with Gasteiger partial charge in [-0.3, -0.25) is 13.9 Å². The third-order valence-corrected chi connectivity index (χ3v) is 9.33. The minimum atomic E-state index is -4.35. The highest BCUT2D eigenvalue weighted by Gasteiger charge is 2.35. The maximum atomic E-state index is 14.6. The van der Waals surface area contributed by atoms with Crippen LogP contribution in [0.3, 0.4) is 0 Å². The first-order chi connectivity index (χ1) is 23.1. The molecular weight excluding hydrogens is 630 g/mol. The third-order valence-electron chi connectivity index (χ3n) is 7.56. The van der Waals surface area contributed by atoms with Gasteiger partial charge in [-0.05, 0) is 68.3 Å². The van der Waals surface area contributed by atoms with Crippen LogP contribution in [0.25, 0.3) is 0 Å². The molecule has 4 aromatic carbocycles. The fourth-order valence-electron chi connectivity index (χ4n) is 5.22. The highest BCUT2D eigenvalue weighted by molar-refractivity contribution is 7.92. The maximum Gasteiger partial charge on any atom is 0.264 e. The van der Waals surface area contributed by atoms with Crippen molar-refractivity contribution in [3.63, 3.8) is 0 Å². The molecule has 10 nitrogen and oxygen atoms in total. The number of carbonyl (C=O) groups excluding carboxylic acids is 2. The number of carbonyl (C=O) groups is 2. The number of ether oxygens (including phenoxy) is 3. The Morgan fingerprint density at radius 1 is 0.792 bits per heavy atom. The number of hydrogen-bond acceptors (Lipinski definition) is 7. The van der Waals surface area contributed by atoms with E-state index in [1.807, 2.05) is 81.4 Å². The van der Waals surface area contributed by atoms with Gasteiger partial charge < -0.3 is 24.4 Å². The summed E-state index contributed by atoms with van der Waals surface area (Å²) in [6.45, 7) is 5.48. The maximum absolute atomic E-state index is 14.6. The molecule has 0 aliphatic heterocycles. The molecule has 0 heterocycles. The molecule has 0 radical (unpaired) electrons. The van der Waals surface area contributed by atoms with Crippen molar-refractivity contribution < 1.29 is 32.2 Å². The van der Waals surface area contributed by atoms with Gasteiger partial charge in [0.1, 0.15) is 18.3 Å². The molecule has 1 N–H and O–H groups in total. The average molecular weight is 674 g/mol. The van der Waals surface area contributed by atoms with Gasteiger partial charge in [0.05, 0.1) is 31.4 Å². The minimum absolute atomic E-state index is 0.0796. The lowest BCUT2D eigenvalue weighted by Crippen LogP contribution is -2.54. The summed E-state index contributed by atoms with van der Waals surface area (Å²) in [6, 6.07) is 28.3. The molecule has 0 aliphatic carbocycles. The van der Waals surface area contributed by atoms with Crippen LogP contribution in [0.15, 0.2) is 108 Å². The van der Waals surface area contributed by atoms with Crippen molar-refractivity contribution in [1.82, 2.24) is 10.2 Å². The number of amides is 2. The van der Waals surface area contributed by atoms with Crippen molar-refractivity contribution in [3.05, 3.63) is 114 Å². The third kappa shape index (κ3) is 9.07. The molecule has 1 atom stereocenters. The van der Waals surface area contributed by atoms with Crippen molar-refractivity contribution in [2.45, 2.75) is 50.7 Å². The zero-order valence-electron chi connectivity index (χ0n) is 28.0. The summed E-state index contributed by atoms with van der Waals surface area (Å²) in [5.41, 5.74) is 1.89. The molecule has 0 fully saturated rings. The molecule has 254 valence electrons. The summed E-state index contributed by atoms with van der Waals surface area (Å²) in [5.74, 6) is 0.227. The molecule has 11 heteroatoms. The molecule has 0 saturated heterocycles. The fraction of sp³-hybridized carbons (Fsp3) is 0.297. The highest BCUT2D eigenvalue weighted by Crippen LogP contribution is 2.33. The Kier molecular flexibility index (Phi) is 12.5. The lowest BCUT2D eigenvalue weighted by molar-refractivity contribution is -0.140. The Morgan fingerprint density at radius 2 is 1.40 bits per heavy atom. The Hall–Kier alpha value is -5.03. The monoisotopic (exact) mass is 673 g/mol. The molecule has 0 aliphatic rings. The Bertz CT molecular complexity index is 1750. The summed E-state index contributed by atoms with van der Waals surface area (Å²) >= 11 is 0. The van der Waals surface area contributed by atoms with E-state index in [2.05, 4.69) is 5.32 Å². The first-order valence-corrected chi connectivity index (χ1v) is 17.2. The number of nitrogens with one attached hydrogen (secondary N) is 1. The summed E-state index contributed by atoms with van der Waals surface area (Å²) in [6.07, 6.45) is 0.226. The quantitative estimate of drug-likeness (QED) is 0.168. The van der Waals surface area contributed by atoms with E-state index in [-0.39, 0.29) is 41.2 Å². The summed E-state index contributed by atoms with van der Waals surface area (Å²) < 4.78 is 46.2. The van der Waals surface area contributed by atoms with Gasteiger partial charge in [-0.1, -0.05) is 60.7 Å². The van der Waals surface area contributed by atoms with Crippen LogP contribution in [-0.2, 0) is 32.6 Å². The van der Waals surface area contributed by atoms with E-state index < -0.39 is 28.5 Å². The highest BCUT2D eigenvalue weighted by atomic mass is 32.2. The number of anilines is 1. The lowest BCUT2D eigenvalue weighted by Gasteiger charge is -2.34. The van der Waals surface area contributed by atoms with Crippen LogP contribution >= 0.6 is 0 Å². The van der Waals surface area contributed by atoms with Crippen molar-refractivity contribution in [1.29, 1.82) is 0 Å². The van der Waals surface area contributed by atoms with Gasteiger partial charge in [-0.15, -0.1) is 0 Å². The number of hydrogen-bond donors (Lipinski definition) is 1. The Labute approximate surface area is 283 Å². The SMILES string of the molecule is CCOc1ccc(N(CC(=O)N(Cc2ccccc2)C(Cc2ccccc2)C(=O)NC(C)C)S(=O)(=O)c2ccc(OC)c(OC)c2)cc1. The smallest absolute Gasteiger partial charge is 0.264 e. The van der Waals surface area contributed by atoms with E-state index >= 15 is 0 Å². The largest absolute Gasteiger partial charge is 0.494 e. The van der Waals surface area contributed by atoms with Crippen molar-refractivity contribution in [2.75, 3.05) is 31.7 Å². The van der Waals surface area contributed by atoms with Crippen LogP contribution in [0.4, 0.5) is 5.69 Å². The molecule has 0 bridgehead atoms. The van der Waals surface area contributed by atoms with Crippen LogP contribution in [0, 0.1) is 0 Å². The van der Waals surface area contributed by atoms with E-state index in [9.17, 15) is 18.0 Å². The zero-order valence-corrected chi connectivity index (χ0v) is 28.8.